The van der Waals surface area contributed by atoms with E-state index < -0.39 is 15.8 Å². The molecule has 1 aliphatic carbocycles. The van der Waals surface area contributed by atoms with Crippen LogP contribution in [0.4, 0.5) is 4.39 Å². The van der Waals surface area contributed by atoms with Gasteiger partial charge in [-0.25, -0.2) is 17.5 Å². The van der Waals surface area contributed by atoms with E-state index in [1.54, 1.807) is 0 Å². The van der Waals surface area contributed by atoms with Gasteiger partial charge in [-0.05, 0) is 37.0 Å². The first-order valence-electron chi connectivity index (χ1n) is 5.47. The molecule has 0 atom stereocenters. The lowest BCUT2D eigenvalue weighted by Crippen LogP contribution is -2.36. The standard InChI is InChI=1S/C11H12BrClFNO2S/c12-8-1-2-11(10(14)5-8)18(16,17)15-6-7-3-9(13)4-7/h1-2,5,7,9,15H,3-4,6H2. The first-order valence-corrected chi connectivity index (χ1v) is 8.18. The SMILES string of the molecule is O=S(=O)(NCC1CC(Cl)C1)c1ccc(Br)cc1F. The van der Waals surface area contributed by atoms with Crippen molar-refractivity contribution in [3.05, 3.63) is 28.5 Å². The average molecular weight is 357 g/mol. The van der Waals surface area contributed by atoms with Gasteiger partial charge in [0.25, 0.3) is 0 Å². The quantitative estimate of drug-likeness (QED) is 0.843. The number of benzene rings is 1. The molecule has 0 aliphatic heterocycles. The summed E-state index contributed by atoms with van der Waals surface area (Å²) in [4.78, 5) is -0.326. The van der Waals surface area contributed by atoms with Crippen LogP contribution >= 0.6 is 27.5 Å². The highest BCUT2D eigenvalue weighted by Crippen LogP contribution is 2.31. The minimum atomic E-state index is -3.79. The maximum Gasteiger partial charge on any atom is 0.243 e. The smallest absolute Gasteiger partial charge is 0.211 e. The summed E-state index contributed by atoms with van der Waals surface area (Å²) in [6.45, 7) is 0.307. The summed E-state index contributed by atoms with van der Waals surface area (Å²) in [6, 6.07) is 3.87. The van der Waals surface area contributed by atoms with Gasteiger partial charge in [-0.3, -0.25) is 0 Å². The number of halogens is 3. The van der Waals surface area contributed by atoms with Crippen molar-refractivity contribution in [2.24, 2.45) is 5.92 Å². The van der Waals surface area contributed by atoms with Crippen molar-refractivity contribution >= 4 is 37.6 Å². The number of sulfonamides is 1. The fourth-order valence-corrected chi connectivity index (χ4v) is 3.83. The number of hydrogen-bond donors (Lipinski definition) is 1. The van der Waals surface area contributed by atoms with Crippen LogP contribution in [-0.4, -0.2) is 20.3 Å². The van der Waals surface area contributed by atoms with Crippen LogP contribution in [-0.2, 0) is 10.0 Å². The van der Waals surface area contributed by atoms with Crippen molar-refractivity contribution in [3.8, 4) is 0 Å². The topological polar surface area (TPSA) is 46.2 Å². The summed E-state index contributed by atoms with van der Waals surface area (Å²) in [6.07, 6.45) is 1.60. The minimum absolute atomic E-state index is 0.143. The second-order valence-corrected chi connectivity index (χ2v) is 7.63. The van der Waals surface area contributed by atoms with Gasteiger partial charge in [0, 0.05) is 16.4 Å². The summed E-state index contributed by atoms with van der Waals surface area (Å²) >= 11 is 8.89. The number of nitrogens with one attached hydrogen (secondary N) is 1. The number of rotatable bonds is 4. The number of hydrogen-bond acceptors (Lipinski definition) is 2. The van der Waals surface area contributed by atoms with E-state index >= 15 is 0 Å². The van der Waals surface area contributed by atoms with E-state index in [0.717, 1.165) is 18.9 Å². The molecular weight excluding hydrogens is 345 g/mol. The van der Waals surface area contributed by atoms with Crippen LogP contribution in [0, 0.1) is 11.7 Å². The second kappa shape index (κ2) is 5.45. The van der Waals surface area contributed by atoms with E-state index in [1.807, 2.05) is 0 Å². The van der Waals surface area contributed by atoms with Gasteiger partial charge in [0.05, 0.1) is 0 Å². The molecule has 0 spiro atoms. The predicted molar refractivity (Wildman–Crippen MR) is 71.7 cm³/mol. The zero-order valence-electron chi connectivity index (χ0n) is 9.37. The normalized spacial score (nSPS) is 23.7. The Kier molecular flexibility index (Phi) is 4.31. The lowest BCUT2D eigenvalue weighted by molar-refractivity contribution is 0.323. The highest BCUT2D eigenvalue weighted by atomic mass is 79.9. The van der Waals surface area contributed by atoms with Gasteiger partial charge in [-0.1, -0.05) is 15.9 Å². The van der Waals surface area contributed by atoms with Crippen LogP contribution in [0.1, 0.15) is 12.8 Å². The van der Waals surface area contributed by atoms with E-state index in [9.17, 15) is 12.8 Å². The molecule has 0 aromatic heterocycles. The summed E-state index contributed by atoms with van der Waals surface area (Å²) in [5, 5.41) is 0.143. The van der Waals surface area contributed by atoms with E-state index in [1.165, 1.54) is 12.1 Å². The van der Waals surface area contributed by atoms with Gasteiger partial charge < -0.3 is 0 Å². The Bertz CT molecular complexity index is 546. The van der Waals surface area contributed by atoms with Gasteiger partial charge in [0.1, 0.15) is 10.7 Å². The summed E-state index contributed by atoms with van der Waals surface area (Å²) in [5.74, 6) is -0.513. The van der Waals surface area contributed by atoms with E-state index in [4.69, 9.17) is 11.6 Å². The predicted octanol–water partition coefficient (Wildman–Crippen LogP) is 2.88. The van der Waals surface area contributed by atoms with Crippen LogP contribution in [0.15, 0.2) is 27.6 Å². The molecule has 100 valence electrons. The van der Waals surface area contributed by atoms with E-state index in [0.29, 0.717) is 11.0 Å². The van der Waals surface area contributed by atoms with Crippen molar-refractivity contribution in [1.82, 2.24) is 4.72 Å². The molecule has 1 aliphatic rings. The first-order chi connectivity index (χ1) is 8.38. The third kappa shape index (κ3) is 3.23. The molecule has 3 nitrogen and oxygen atoms in total. The lowest BCUT2D eigenvalue weighted by atomic mass is 9.85. The van der Waals surface area contributed by atoms with Gasteiger partial charge >= 0.3 is 0 Å². The molecule has 1 saturated carbocycles. The summed E-state index contributed by atoms with van der Waals surface area (Å²) in [7, 11) is -3.79. The Labute approximate surface area is 119 Å². The summed E-state index contributed by atoms with van der Waals surface area (Å²) < 4.78 is 40.3. The zero-order chi connectivity index (χ0) is 13.3. The van der Waals surface area contributed by atoms with Crippen LogP contribution < -0.4 is 4.72 Å². The monoisotopic (exact) mass is 355 g/mol. The third-order valence-corrected chi connectivity index (χ3v) is 5.23. The molecule has 1 fully saturated rings. The largest absolute Gasteiger partial charge is 0.243 e. The molecule has 0 unspecified atom stereocenters. The molecule has 0 saturated heterocycles. The summed E-state index contributed by atoms with van der Waals surface area (Å²) in [5.41, 5.74) is 0. The lowest BCUT2D eigenvalue weighted by Gasteiger charge is -2.30. The molecule has 18 heavy (non-hydrogen) atoms. The van der Waals surface area contributed by atoms with E-state index in [-0.39, 0.29) is 16.2 Å². The molecule has 0 amide bonds. The van der Waals surface area contributed by atoms with Crippen LogP contribution in [0.2, 0.25) is 0 Å². The molecule has 1 N–H and O–H groups in total. The Hall–Kier alpha value is -0.170. The van der Waals surface area contributed by atoms with E-state index in [2.05, 4.69) is 20.7 Å². The van der Waals surface area contributed by atoms with Gasteiger partial charge in [0.15, 0.2) is 0 Å². The maximum atomic E-state index is 13.6. The zero-order valence-corrected chi connectivity index (χ0v) is 12.5. The van der Waals surface area contributed by atoms with Crippen molar-refractivity contribution in [2.45, 2.75) is 23.1 Å². The fraction of sp³-hybridized carbons (Fsp3) is 0.455. The van der Waals surface area contributed by atoms with Crippen molar-refractivity contribution < 1.29 is 12.8 Å². The average Bonchev–Trinajstić information content (AvgIpc) is 2.22. The van der Waals surface area contributed by atoms with Gasteiger partial charge in [-0.15, -0.1) is 11.6 Å². The van der Waals surface area contributed by atoms with Crippen molar-refractivity contribution in [2.75, 3.05) is 6.54 Å². The molecule has 0 heterocycles. The Balaban J connectivity index is 2.06. The van der Waals surface area contributed by atoms with Crippen LogP contribution in [0.5, 0.6) is 0 Å². The Morgan fingerprint density at radius 3 is 2.67 bits per heavy atom. The van der Waals surface area contributed by atoms with Gasteiger partial charge in [0.2, 0.25) is 10.0 Å². The van der Waals surface area contributed by atoms with Crippen molar-refractivity contribution in [1.29, 1.82) is 0 Å². The molecule has 2 rings (SSSR count). The van der Waals surface area contributed by atoms with Crippen LogP contribution in [0.25, 0.3) is 0 Å². The second-order valence-electron chi connectivity index (χ2n) is 4.36. The molecular formula is C11H12BrClFNO2S. The highest BCUT2D eigenvalue weighted by molar-refractivity contribution is 9.10. The molecule has 0 radical (unpaired) electrons. The Morgan fingerprint density at radius 2 is 2.11 bits per heavy atom. The molecule has 1 aromatic rings. The van der Waals surface area contributed by atoms with Crippen LogP contribution in [0.3, 0.4) is 0 Å². The molecule has 0 bridgehead atoms. The Morgan fingerprint density at radius 1 is 1.44 bits per heavy atom. The number of alkyl halides is 1. The third-order valence-electron chi connectivity index (χ3n) is 2.92. The highest BCUT2D eigenvalue weighted by Gasteiger charge is 2.29. The van der Waals surface area contributed by atoms with Crippen molar-refractivity contribution in [3.63, 3.8) is 0 Å². The first kappa shape index (κ1) is 14.2. The molecule has 7 heteroatoms. The fourth-order valence-electron chi connectivity index (χ4n) is 1.82. The minimum Gasteiger partial charge on any atom is -0.211 e. The maximum absolute atomic E-state index is 13.6. The molecule has 1 aromatic carbocycles. The van der Waals surface area contributed by atoms with Gasteiger partial charge in [-0.2, -0.15) is 0 Å².